The third-order valence-electron chi connectivity index (χ3n) is 3.23. The second-order valence-electron chi connectivity index (χ2n) is 6.72. The largest absolute Gasteiger partial charge is 0.467 e. The van der Waals surface area contributed by atoms with Crippen molar-refractivity contribution in [3.05, 3.63) is 29.8 Å². The molecule has 0 radical (unpaired) electrons. The Labute approximate surface area is 163 Å². The third kappa shape index (κ3) is 7.74. The molecule has 0 aliphatic carbocycles. The number of nitrogens with zero attached hydrogens (tertiary/aromatic N) is 2. The minimum Gasteiger partial charge on any atom is -0.467 e. The molecule has 0 saturated heterocycles. The molecule has 1 rings (SSSR count). The molecule has 0 heterocycles. The minimum absolute atomic E-state index is 0.187. The average Bonchev–Trinajstić information content (AvgIpc) is 2.60. The van der Waals surface area contributed by atoms with E-state index in [4.69, 9.17) is 25.9 Å². The summed E-state index contributed by atoms with van der Waals surface area (Å²) < 4.78 is 9.90. The second-order valence-corrected chi connectivity index (χ2v) is 6.72. The smallest absolute Gasteiger partial charge is 0.408 e. The molecule has 0 saturated carbocycles. The summed E-state index contributed by atoms with van der Waals surface area (Å²) in [7, 11) is 1.24. The molecule has 0 aliphatic heterocycles. The first-order chi connectivity index (χ1) is 13.1. The number of ether oxygens (including phenoxy) is 2. The number of hydrogen-bond acceptors (Lipinski definition) is 8. The van der Waals surface area contributed by atoms with Crippen molar-refractivity contribution < 1.29 is 19.1 Å². The molecule has 10 nitrogen and oxygen atoms in total. The van der Waals surface area contributed by atoms with Gasteiger partial charge in [0, 0.05) is 6.42 Å². The molecule has 10 heteroatoms. The summed E-state index contributed by atoms with van der Waals surface area (Å²) in [5.74, 6) is -1.04. The van der Waals surface area contributed by atoms with E-state index in [2.05, 4.69) is 15.8 Å². The minimum atomic E-state index is -0.917. The van der Waals surface area contributed by atoms with E-state index in [0.29, 0.717) is 5.69 Å². The van der Waals surface area contributed by atoms with Crippen LogP contribution in [0.4, 0.5) is 10.5 Å². The number of nitrogens with two attached hydrogens (primary N) is 1. The van der Waals surface area contributed by atoms with E-state index in [1.54, 1.807) is 51.1 Å². The lowest BCUT2D eigenvalue weighted by Gasteiger charge is -2.22. The molecule has 28 heavy (non-hydrogen) atoms. The fourth-order valence-corrected chi connectivity index (χ4v) is 2.00. The predicted octanol–water partition coefficient (Wildman–Crippen LogP) is 1.52. The first kappa shape index (κ1) is 22.4. The topological polar surface area (TPSA) is 163 Å². The number of nitriles is 1. The van der Waals surface area contributed by atoms with Crippen LogP contribution in [0.1, 0.15) is 26.3 Å². The average molecular weight is 388 g/mol. The number of hydrogen-bond donors (Lipinski definition) is 4. The molecular weight excluding hydrogens is 364 g/mol. The molecule has 1 atom stereocenters. The first-order valence-corrected chi connectivity index (χ1v) is 8.30. The molecule has 0 spiro atoms. The number of amidine groups is 1. The summed E-state index contributed by atoms with van der Waals surface area (Å²) >= 11 is 0. The number of hydrazone groups is 1. The molecule has 5 N–H and O–H groups in total. The number of benzene rings is 1. The molecule has 1 unspecified atom stereocenters. The first-order valence-electron chi connectivity index (χ1n) is 8.30. The Morgan fingerprint density at radius 2 is 1.93 bits per heavy atom. The van der Waals surface area contributed by atoms with E-state index in [9.17, 15) is 9.59 Å². The molecule has 1 aromatic carbocycles. The number of esters is 1. The second kappa shape index (κ2) is 9.91. The van der Waals surface area contributed by atoms with Crippen LogP contribution < -0.4 is 16.5 Å². The molecule has 150 valence electrons. The Balaban J connectivity index is 2.82. The van der Waals surface area contributed by atoms with Crippen molar-refractivity contribution in [2.24, 2.45) is 10.8 Å². The van der Waals surface area contributed by atoms with Gasteiger partial charge in [-0.15, -0.1) is 0 Å². The fraction of sp³-hybridized carbons (Fsp3) is 0.389. The Morgan fingerprint density at radius 1 is 1.32 bits per heavy atom. The van der Waals surface area contributed by atoms with Crippen molar-refractivity contribution in [2.75, 3.05) is 12.5 Å². The molecule has 1 amide bonds. The maximum Gasteiger partial charge on any atom is 0.408 e. The van der Waals surface area contributed by atoms with E-state index in [1.807, 2.05) is 0 Å². The third-order valence-corrected chi connectivity index (χ3v) is 3.23. The van der Waals surface area contributed by atoms with E-state index < -0.39 is 29.5 Å². The fourth-order valence-electron chi connectivity index (χ4n) is 2.00. The summed E-state index contributed by atoms with van der Waals surface area (Å²) in [6, 6.07) is 7.53. The Kier molecular flexibility index (Phi) is 7.94. The van der Waals surface area contributed by atoms with Gasteiger partial charge in [0.05, 0.1) is 12.8 Å². The van der Waals surface area contributed by atoms with Gasteiger partial charge in [-0.3, -0.25) is 10.8 Å². The number of carbonyl (C=O) groups is 2. The SMILES string of the molecule is COC(=O)C(Cc1ccc(N/N=C(\C#N)C(=N)N)cc1)NC(=O)OC(C)(C)C. The summed E-state index contributed by atoms with van der Waals surface area (Å²) in [5.41, 5.74) is 8.18. The van der Waals surface area contributed by atoms with Crippen LogP contribution in [0.15, 0.2) is 29.4 Å². The number of rotatable bonds is 7. The molecular formula is C18H24N6O4. The van der Waals surface area contributed by atoms with Crippen molar-refractivity contribution in [1.82, 2.24) is 5.32 Å². The number of amides is 1. The van der Waals surface area contributed by atoms with Crippen LogP contribution in [-0.2, 0) is 20.7 Å². The van der Waals surface area contributed by atoms with Crippen LogP contribution in [0.2, 0.25) is 0 Å². The standard InChI is InChI=1S/C18H24N6O4/c1-18(2,3)28-17(26)22-13(16(25)27-4)9-11-5-7-12(8-6-11)23-24-14(10-19)15(20)21/h5-8,13,23H,9H2,1-4H3,(H3,20,21)(H,22,26)/b24-14+. The molecule has 1 aromatic rings. The number of methoxy groups -OCH3 is 1. The quantitative estimate of drug-likeness (QED) is 0.238. The normalized spacial score (nSPS) is 12.3. The Hall–Kier alpha value is -3.61. The van der Waals surface area contributed by atoms with Crippen molar-refractivity contribution in [3.8, 4) is 6.07 Å². The summed E-state index contributed by atoms with van der Waals surface area (Å²) in [4.78, 5) is 23.9. The van der Waals surface area contributed by atoms with Gasteiger partial charge in [0.25, 0.3) is 0 Å². The highest BCUT2D eigenvalue weighted by Gasteiger charge is 2.25. The van der Waals surface area contributed by atoms with Crippen LogP contribution in [0.3, 0.4) is 0 Å². The van der Waals surface area contributed by atoms with E-state index >= 15 is 0 Å². The van der Waals surface area contributed by atoms with Gasteiger partial charge in [-0.25, -0.2) is 9.59 Å². The highest BCUT2D eigenvalue weighted by molar-refractivity contribution is 6.45. The van der Waals surface area contributed by atoms with E-state index in [0.717, 1.165) is 5.56 Å². The van der Waals surface area contributed by atoms with E-state index in [-0.39, 0.29) is 12.1 Å². The van der Waals surface area contributed by atoms with Gasteiger partial charge in [0.15, 0.2) is 5.84 Å². The van der Waals surface area contributed by atoms with Crippen LogP contribution in [0, 0.1) is 16.7 Å². The monoisotopic (exact) mass is 388 g/mol. The molecule has 0 bridgehead atoms. The predicted molar refractivity (Wildman–Crippen MR) is 104 cm³/mol. The van der Waals surface area contributed by atoms with E-state index in [1.165, 1.54) is 7.11 Å². The Morgan fingerprint density at radius 3 is 2.39 bits per heavy atom. The number of nitrogens with one attached hydrogen (secondary N) is 3. The van der Waals surface area contributed by atoms with Gasteiger partial charge in [-0.2, -0.15) is 10.4 Å². The van der Waals surface area contributed by atoms with Gasteiger partial charge in [0.2, 0.25) is 5.71 Å². The van der Waals surface area contributed by atoms with Crippen molar-refractivity contribution in [2.45, 2.75) is 38.8 Å². The van der Waals surface area contributed by atoms with Gasteiger partial charge in [-0.05, 0) is 38.5 Å². The van der Waals surface area contributed by atoms with Gasteiger partial charge in [0.1, 0.15) is 17.7 Å². The van der Waals surface area contributed by atoms with Crippen LogP contribution in [0.25, 0.3) is 0 Å². The molecule has 0 fully saturated rings. The van der Waals surface area contributed by atoms with Crippen LogP contribution in [-0.4, -0.2) is 42.4 Å². The zero-order valence-electron chi connectivity index (χ0n) is 16.2. The van der Waals surface area contributed by atoms with Crippen LogP contribution >= 0.6 is 0 Å². The lowest BCUT2D eigenvalue weighted by atomic mass is 10.1. The zero-order chi connectivity index (χ0) is 21.3. The van der Waals surface area contributed by atoms with Crippen molar-refractivity contribution in [1.29, 1.82) is 10.7 Å². The lowest BCUT2D eigenvalue weighted by molar-refractivity contribution is -0.143. The number of carbonyl (C=O) groups excluding carboxylic acids is 2. The van der Waals surface area contributed by atoms with Crippen molar-refractivity contribution in [3.63, 3.8) is 0 Å². The van der Waals surface area contributed by atoms with Gasteiger partial charge >= 0.3 is 12.1 Å². The van der Waals surface area contributed by atoms with Crippen LogP contribution in [0.5, 0.6) is 0 Å². The maximum atomic E-state index is 12.0. The summed E-state index contributed by atoms with van der Waals surface area (Å²) in [5, 5.41) is 22.2. The summed E-state index contributed by atoms with van der Waals surface area (Å²) in [6.45, 7) is 5.16. The Bertz CT molecular complexity index is 790. The molecule has 0 aliphatic rings. The van der Waals surface area contributed by atoms with Gasteiger partial charge in [-0.1, -0.05) is 12.1 Å². The summed E-state index contributed by atoms with van der Waals surface area (Å²) in [6.07, 6.45) is -0.532. The number of alkyl carbamates (subject to hydrolysis) is 1. The van der Waals surface area contributed by atoms with Gasteiger partial charge < -0.3 is 20.5 Å². The lowest BCUT2D eigenvalue weighted by Crippen LogP contribution is -2.45. The maximum absolute atomic E-state index is 12.0. The van der Waals surface area contributed by atoms with Crippen molar-refractivity contribution >= 4 is 29.3 Å². The molecule has 0 aromatic heterocycles. The highest BCUT2D eigenvalue weighted by Crippen LogP contribution is 2.13. The zero-order valence-corrected chi connectivity index (χ0v) is 16.2. The highest BCUT2D eigenvalue weighted by atomic mass is 16.6. The number of anilines is 1.